The van der Waals surface area contributed by atoms with Crippen LogP contribution in [0.3, 0.4) is 0 Å². The van der Waals surface area contributed by atoms with Crippen molar-refractivity contribution in [3.63, 3.8) is 0 Å². The van der Waals surface area contributed by atoms with Crippen molar-refractivity contribution in [1.29, 1.82) is 0 Å². The Morgan fingerprint density at radius 1 is 1.26 bits per heavy atom. The molecule has 0 radical (unpaired) electrons. The van der Waals surface area contributed by atoms with E-state index >= 15 is 0 Å². The van der Waals surface area contributed by atoms with Crippen LogP contribution < -0.4 is 15.0 Å². The molecule has 5 nitrogen and oxygen atoms in total. The number of carbonyl (C=O) groups is 1. The molecule has 5 heteroatoms. The highest BCUT2D eigenvalue weighted by Gasteiger charge is 2.21. The maximum atomic E-state index is 11.8. The number of hydrogen-bond acceptors (Lipinski definition) is 4. The van der Waals surface area contributed by atoms with Crippen molar-refractivity contribution in [1.82, 2.24) is 0 Å². The molecule has 0 atom stereocenters. The van der Waals surface area contributed by atoms with Crippen LogP contribution in [0.1, 0.15) is 18.4 Å². The third kappa shape index (κ3) is 3.39. The van der Waals surface area contributed by atoms with Crippen LogP contribution in [0.15, 0.2) is 42.5 Å². The lowest BCUT2D eigenvalue weighted by Gasteiger charge is -2.17. The molecule has 120 valence electrons. The molecule has 1 aliphatic rings. The Hall–Kier alpha value is -2.69. The molecular formula is C18H20N2O3. The van der Waals surface area contributed by atoms with Crippen LogP contribution in [0.25, 0.3) is 0 Å². The molecule has 0 aromatic heterocycles. The number of amides is 1. The van der Waals surface area contributed by atoms with Crippen LogP contribution in [-0.2, 0) is 11.3 Å². The zero-order chi connectivity index (χ0) is 16.2. The summed E-state index contributed by atoms with van der Waals surface area (Å²) in [6, 6.07) is 13.2. The molecular weight excluding hydrogens is 292 g/mol. The lowest BCUT2D eigenvalue weighted by Crippen LogP contribution is -2.23. The first-order valence-electron chi connectivity index (χ1n) is 7.67. The Labute approximate surface area is 135 Å². The zero-order valence-corrected chi connectivity index (χ0v) is 13.1. The number of carbonyl (C=O) groups excluding carboxylic acids is 1. The van der Waals surface area contributed by atoms with Crippen molar-refractivity contribution < 1.29 is 14.6 Å². The molecule has 23 heavy (non-hydrogen) atoms. The van der Waals surface area contributed by atoms with Crippen LogP contribution >= 0.6 is 0 Å². The minimum atomic E-state index is 0.128. The van der Waals surface area contributed by atoms with Crippen LogP contribution in [-0.4, -0.2) is 24.7 Å². The highest BCUT2D eigenvalue weighted by atomic mass is 16.5. The van der Waals surface area contributed by atoms with Gasteiger partial charge < -0.3 is 20.1 Å². The van der Waals surface area contributed by atoms with Gasteiger partial charge in [0.05, 0.1) is 7.11 Å². The molecule has 2 N–H and O–H groups in total. The predicted molar refractivity (Wildman–Crippen MR) is 90.0 cm³/mol. The van der Waals surface area contributed by atoms with E-state index in [9.17, 15) is 9.90 Å². The molecule has 0 spiro atoms. The molecule has 1 fully saturated rings. The first-order chi connectivity index (χ1) is 11.2. The third-order valence-electron chi connectivity index (χ3n) is 3.97. The fourth-order valence-electron chi connectivity index (χ4n) is 2.75. The lowest BCUT2D eigenvalue weighted by molar-refractivity contribution is -0.117. The zero-order valence-electron chi connectivity index (χ0n) is 13.1. The summed E-state index contributed by atoms with van der Waals surface area (Å²) in [5.41, 5.74) is 2.82. The number of nitrogens with one attached hydrogen (secondary N) is 1. The van der Waals surface area contributed by atoms with E-state index < -0.39 is 0 Å². The number of rotatable bonds is 5. The summed E-state index contributed by atoms with van der Waals surface area (Å²) in [5, 5.41) is 13.1. The summed E-state index contributed by atoms with van der Waals surface area (Å²) >= 11 is 0. The van der Waals surface area contributed by atoms with E-state index in [0.29, 0.717) is 18.7 Å². The monoisotopic (exact) mass is 312 g/mol. The van der Waals surface area contributed by atoms with E-state index in [1.807, 2.05) is 35.2 Å². The van der Waals surface area contributed by atoms with Gasteiger partial charge in [-0.25, -0.2) is 0 Å². The van der Waals surface area contributed by atoms with E-state index in [4.69, 9.17) is 4.74 Å². The highest BCUT2D eigenvalue weighted by molar-refractivity contribution is 5.95. The first kappa shape index (κ1) is 15.2. The summed E-state index contributed by atoms with van der Waals surface area (Å²) in [6.07, 6.45) is 1.55. The molecule has 0 bridgehead atoms. The van der Waals surface area contributed by atoms with Crippen molar-refractivity contribution in [3.8, 4) is 11.5 Å². The second-order valence-electron chi connectivity index (χ2n) is 5.56. The lowest BCUT2D eigenvalue weighted by atomic mass is 10.2. The fraction of sp³-hybridized carbons (Fsp3) is 0.278. The SMILES string of the molecule is COc1ccc(CNc2cccc(N3CCCC3=O)c2)cc1O. The Morgan fingerprint density at radius 3 is 2.83 bits per heavy atom. The van der Waals surface area contributed by atoms with Gasteiger partial charge in [0.15, 0.2) is 11.5 Å². The number of anilines is 2. The van der Waals surface area contributed by atoms with Gasteiger partial charge in [0.2, 0.25) is 5.91 Å². The normalized spacial score (nSPS) is 14.1. The van der Waals surface area contributed by atoms with Crippen LogP contribution in [0, 0.1) is 0 Å². The minimum Gasteiger partial charge on any atom is -0.504 e. The van der Waals surface area contributed by atoms with Gasteiger partial charge in [-0.05, 0) is 42.3 Å². The standard InChI is InChI=1S/C18H20N2O3/c1-23-17-8-7-13(10-16(17)21)12-19-14-4-2-5-15(11-14)20-9-3-6-18(20)22/h2,4-5,7-8,10-11,19,21H,3,6,9,12H2,1H3. The Kier molecular flexibility index (Phi) is 4.37. The van der Waals surface area contributed by atoms with Gasteiger partial charge in [0.25, 0.3) is 0 Å². The number of phenolic OH excluding ortho intramolecular Hbond substituents is 1. The molecule has 1 aliphatic heterocycles. The number of benzene rings is 2. The summed E-state index contributed by atoms with van der Waals surface area (Å²) in [5.74, 6) is 0.772. The van der Waals surface area contributed by atoms with Crippen LogP contribution in [0.4, 0.5) is 11.4 Å². The van der Waals surface area contributed by atoms with Gasteiger partial charge in [-0.3, -0.25) is 4.79 Å². The molecule has 3 rings (SSSR count). The maximum absolute atomic E-state index is 11.8. The molecule has 2 aromatic carbocycles. The largest absolute Gasteiger partial charge is 0.504 e. The quantitative estimate of drug-likeness (QED) is 0.890. The third-order valence-corrected chi connectivity index (χ3v) is 3.97. The Balaban J connectivity index is 1.69. The fourth-order valence-corrected chi connectivity index (χ4v) is 2.75. The van der Waals surface area contributed by atoms with E-state index in [-0.39, 0.29) is 11.7 Å². The number of hydrogen-bond donors (Lipinski definition) is 2. The molecule has 1 saturated heterocycles. The van der Waals surface area contributed by atoms with Crippen LogP contribution in [0.2, 0.25) is 0 Å². The topological polar surface area (TPSA) is 61.8 Å². The van der Waals surface area contributed by atoms with E-state index in [1.54, 1.807) is 12.1 Å². The summed E-state index contributed by atoms with van der Waals surface area (Å²) in [6.45, 7) is 1.36. The van der Waals surface area contributed by atoms with Crippen molar-refractivity contribution in [2.45, 2.75) is 19.4 Å². The summed E-state index contributed by atoms with van der Waals surface area (Å²) in [4.78, 5) is 13.7. The second-order valence-corrected chi connectivity index (χ2v) is 5.56. The maximum Gasteiger partial charge on any atom is 0.227 e. The van der Waals surface area contributed by atoms with Crippen LogP contribution in [0.5, 0.6) is 11.5 Å². The molecule has 1 heterocycles. The van der Waals surface area contributed by atoms with Gasteiger partial charge in [0, 0.05) is 30.9 Å². The Morgan fingerprint density at radius 2 is 2.13 bits per heavy atom. The number of ether oxygens (including phenoxy) is 1. The van der Waals surface area contributed by atoms with Crippen molar-refractivity contribution in [2.24, 2.45) is 0 Å². The second kappa shape index (κ2) is 6.60. The predicted octanol–water partition coefficient (Wildman–Crippen LogP) is 3.14. The average molecular weight is 312 g/mol. The molecule has 0 saturated carbocycles. The number of methoxy groups -OCH3 is 1. The molecule has 0 unspecified atom stereocenters. The number of phenols is 1. The highest BCUT2D eigenvalue weighted by Crippen LogP contribution is 2.27. The minimum absolute atomic E-state index is 0.128. The summed E-state index contributed by atoms with van der Waals surface area (Å²) < 4.78 is 5.04. The summed E-state index contributed by atoms with van der Waals surface area (Å²) in [7, 11) is 1.53. The van der Waals surface area contributed by atoms with E-state index in [1.165, 1.54) is 7.11 Å². The van der Waals surface area contributed by atoms with Gasteiger partial charge in [-0.1, -0.05) is 12.1 Å². The average Bonchev–Trinajstić information content (AvgIpc) is 2.99. The van der Waals surface area contributed by atoms with Gasteiger partial charge in [-0.15, -0.1) is 0 Å². The van der Waals surface area contributed by atoms with Gasteiger partial charge in [-0.2, -0.15) is 0 Å². The Bertz CT molecular complexity index is 715. The smallest absolute Gasteiger partial charge is 0.227 e. The molecule has 1 amide bonds. The number of nitrogens with zero attached hydrogens (tertiary/aromatic N) is 1. The van der Waals surface area contributed by atoms with E-state index in [2.05, 4.69) is 5.32 Å². The molecule has 2 aromatic rings. The van der Waals surface area contributed by atoms with Gasteiger partial charge in [0.1, 0.15) is 0 Å². The van der Waals surface area contributed by atoms with E-state index in [0.717, 1.165) is 29.9 Å². The number of aromatic hydroxyl groups is 1. The van der Waals surface area contributed by atoms with Crippen molar-refractivity contribution in [2.75, 3.05) is 23.9 Å². The molecule has 0 aliphatic carbocycles. The van der Waals surface area contributed by atoms with Gasteiger partial charge >= 0.3 is 0 Å². The van der Waals surface area contributed by atoms with Crippen molar-refractivity contribution >= 4 is 17.3 Å². The van der Waals surface area contributed by atoms with Crippen molar-refractivity contribution in [3.05, 3.63) is 48.0 Å². The first-order valence-corrected chi connectivity index (χ1v) is 7.67.